The van der Waals surface area contributed by atoms with E-state index in [4.69, 9.17) is 5.11 Å². The van der Waals surface area contributed by atoms with Crippen LogP contribution < -0.4 is 4.90 Å². The highest BCUT2D eigenvalue weighted by Gasteiger charge is 2.16. The van der Waals surface area contributed by atoms with Gasteiger partial charge in [0.15, 0.2) is 0 Å². The van der Waals surface area contributed by atoms with Crippen molar-refractivity contribution in [1.29, 1.82) is 0 Å². The second-order valence-corrected chi connectivity index (χ2v) is 9.59. The number of aryl methyl sites for hydroxylation is 1. The van der Waals surface area contributed by atoms with E-state index in [0.29, 0.717) is 6.42 Å². The van der Waals surface area contributed by atoms with Gasteiger partial charge in [-0.05, 0) is 90.7 Å². The molecule has 0 spiro atoms. The summed E-state index contributed by atoms with van der Waals surface area (Å²) in [6.07, 6.45) is 4.14. The van der Waals surface area contributed by atoms with E-state index in [-0.39, 0.29) is 6.42 Å². The van der Waals surface area contributed by atoms with Gasteiger partial charge in [-0.2, -0.15) is 0 Å². The van der Waals surface area contributed by atoms with Gasteiger partial charge >= 0.3 is 5.97 Å². The van der Waals surface area contributed by atoms with Crippen LogP contribution in [-0.4, -0.2) is 28.7 Å². The number of rotatable bonds is 7. The Kier molecular flexibility index (Phi) is 5.83. The molecule has 0 unspecified atom stereocenters. The minimum atomic E-state index is -0.743. The van der Waals surface area contributed by atoms with Crippen molar-refractivity contribution in [3.63, 3.8) is 0 Å². The fraction of sp³-hybridized carbons (Fsp3) is 0.219. The molecule has 36 heavy (non-hydrogen) atoms. The van der Waals surface area contributed by atoms with Gasteiger partial charge in [0.1, 0.15) is 0 Å². The molecular weight excluding hydrogens is 444 g/mol. The standard InChI is InChI=1S/C32H28N2O2/c35-32(36)9-5-6-23-10-15-27(16-11-23)34-30-19-14-24-7-1-2-8-28(24)29(30)22-31(34)25-12-17-26(18-13-25)33-20-3-4-21-33/h1,7,10-19,22H,3-6,9,20-21H2,(H,35,36). The molecule has 6 rings (SSSR count). The minimum absolute atomic E-state index is 0.197. The van der Waals surface area contributed by atoms with Crippen molar-refractivity contribution < 1.29 is 9.90 Å². The first-order chi connectivity index (χ1) is 17.7. The lowest BCUT2D eigenvalue weighted by atomic mass is 10.1. The third kappa shape index (κ3) is 4.18. The monoisotopic (exact) mass is 472 g/mol. The van der Waals surface area contributed by atoms with Crippen molar-refractivity contribution in [2.24, 2.45) is 0 Å². The average Bonchev–Trinajstić information content (AvgIpc) is 3.58. The molecule has 0 saturated carbocycles. The molecule has 4 heteroatoms. The first-order valence-electron chi connectivity index (χ1n) is 12.7. The highest BCUT2D eigenvalue weighted by Crippen LogP contribution is 2.36. The Labute approximate surface area is 211 Å². The molecule has 5 aromatic rings. The summed E-state index contributed by atoms with van der Waals surface area (Å²) >= 11 is 0. The summed E-state index contributed by atoms with van der Waals surface area (Å²) < 4.78 is 2.32. The van der Waals surface area contributed by atoms with Gasteiger partial charge in [-0.1, -0.05) is 42.5 Å². The maximum absolute atomic E-state index is 10.9. The lowest BCUT2D eigenvalue weighted by molar-refractivity contribution is -0.137. The molecule has 2 heterocycles. The van der Waals surface area contributed by atoms with Crippen LogP contribution in [0.15, 0.2) is 78.9 Å². The fourth-order valence-corrected chi connectivity index (χ4v) is 5.39. The summed E-state index contributed by atoms with van der Waals surface area (Å²) in [6, 6.07) is 34.5. The number of aromatic nitrogens is 1. The van der Waals surface area contributed by atoms with Crippen LogP contribution in [0.5, 0.6) is 0 Å². The summed E-state index contributed by atoms with van der Waals surface area (Å²) in [5.41, 5.74) is 6.98. The third-order valence-electron chi connectivity index (χ3n) is 7.25. The van der Waals surface area contributed by atoms with Crippen LogP contribution in [0.3, 0.4) is 0 Å². The summed E-state index contributed by atoms with van der Waals surface area (Å²) in [6.45, 7) is 2.27. The molecule has 4 aromatic carbocycles. The van der Waals surface area contributed by atoms with E-state index >= 15 is 0 Å². The zero-order valence-corrected chi connectivity index (χ0v) is 20.2. The lowest BCUT2D eigenvalue weighted by Crippen LogP contribution is -2.17. The average molecular weight is 473 g/mol. The topological polar surface area (TPSA) is 45.5 Å². The molecule has 1 saturated heterocycles. The lowest BCUT2D eigenvalue weighted by Gasteiger charge is -2.18. The molecule has 0 aliphatic carbocycles. The van der Waals surface area contributed by atoms with Gasteiger partial charge in [-0.25, -0.2) is 0 Å². The number of hydrogen-bond acceptors (Lipinski definition) is 2. The Morgan fingerprint density at radius 3 is 2.39 bits per heavy atom. The highest BCUT2D eigenvalue weighted by molar-refractivity contribution is 6.08. The van der Waals surface area contributed by atoms with Crippen molar-refractivity contribution in [1.82, 2.24) is 4.57 Å². The predicted molar refractivity (Wildman–Crippen MR) is 146 cm³/mol. The molecule has 178 valence electrons. The van der Waals surface area contributed by atoms with Crippen LogP contribution in [0.2, 0.25) is 0 Å². The fourth-order valence-electron chi connectivity index (χ4n) is 5.39. The number of carboxylic acid groups (broad SMARTS) is 1. The zero-order valence-electron chi connectivity index (χ0n) is 20.2. The second kappa shape index (κ2) is 9.43. The number of benzene rings is 3. The molecule has 4 nitrogen and oxygen atoms in total. The maximum Gasteiger partial charge on any atom is 0.303 e. The quantitative estimate of drug-likeness (QED) is 0.276. The smallest absolute Gasteiger partial charge is 0.303 e. The number of anilines is 1. The Balaban J connectivity index is 1.44. The van der Waals surface area contributed by atoms with Crippen LogP contribution in [0, 0.1) is 12.1 Å². The second-order valence-electron chi connectivity index (χ2n) is 9.59. The number of nitrogens with zero attached hydrogens (tertiary/aromatic N) is 2. The molecule has 0 atom stereocenters. The zero-order chi connectivity index (χ0) is 24.5. The van der Waals surface area contributed by atoms with Crippen molar-refractivity contribution >= 4 is 33.3 Å². The number of carbonyl (C=O) groups is 1. The van der Waals surface area contributed by atoms with Crippen molar-refractivity contribution in [2.45, 2.75) is 32.1 Å². The number of hydrogen-bond donors (Lipinski definition) is 1. The van der Waals surface area contributed by atoms with E-state index in [9.17, 15) is 4.79 Å². The summed E-state index contributed by atoms with van der Waals surface area (Å²) in [7, 11) is 0. The van der Waals surface area contributed by atoms with Crippen LogP contribution >= 0.6 is 0 Å². The first-order valence-corrected chi connectivity index (χ1v) is 12.7. The van der Waals surface area contributed by atoms with Gasteiger partial charge in [0.05, 0.1) is 11.2 Å². The van der Waals surface area contributed by atoms with Crippen LogP contribution in [0.1, 0.15) is 31.2 Å². The Bertz CT molecular complexity index is 1530. The minimum Gasteiger partial charge on any atom is -0.481 e. The maximum atomic E-state index is 10.9. The molecule has 1 N–H and O–H groups in total. The van der Waals surface area contributed by atoms with E-state index in [2.05, 4.69) is 94.4 Å². The van der Waals surface area contributed by atoms with Gasteiger partial charge in [0.2, 0.25) is 0 Å². The first kappa shape index (κ1) is 22.2. The molecule has 0 radical (unpaired) electrons. The Hall–Kier alpha value is -4.23. The van der Waals surface area contributed by atoms with E-state index in [1.165, 1.54) is 24.1 Å². The number of fused-ring (bicyclic) bond motifs is 3. The largest absolute Gasteiger partial charge is 0.481 e. The molecule has 0 amide bonds. The summed E-state index contributed by atoms with van der Waals surface area (Å²) in [4.78, 5) is 13.3. The van der Waals surface area contributed by atoms with Crippen LogP contribution in [-0.2, 0) is 11.2 Å². The van der Waals surface area contributed by atoms with E-state index < -0.39 is 5.97 Å². The van der Waals surface area contributed by atoms with Crippen molar-refractivity contribution in [2.75, 3.05) is 18.0 Å². The van der Waals surface area contributed by atoms with E-state index in [0.717, 1.165) is 58.1 Å². The normalized spacial score (nSPS) is 13.4. The van der Waals surface area contributed by atoms with Crippen LogP contribution in [0.25, 0.3) is 38.6 Å². The van der Waals surface area contributed by atoms with E-state index in [1.807, 2.05) is 6.07 Å². The van der Waals surface area contributed by atoms with Crippen molar-refractivity contribution in [3.8, 4) is 16.9 Å². The van der Waals surface area contributed by atoms with E-state index in [1.54, 1.807) is 0 Å². The molecule has 0 bridgehead atoms. The van der Waals surface area contributed by atoms with Gasteiger partial charge in [0.25, 0.3) is 0 Å². The molecule has 1 aliphatic heterocycles. The summed E-state index contributed by atoms with van der Waals surface area (Å²) in [5.74, 6) is -0.743. The Morgan fingerprint density at radius 1 is 0.889 bits per heavy atom. The number of carboxylic acids is 1. The van der Waals surface area contributed by atoms with Gasteiger partial charge in [-0.3, -0.25) is 4.79 Å². The van der Waals surface area contributed by atoms with Gasteiger partial charge < -0.3 is 14.6 Å². The molecule has 1 fully saturated rings. The third-order valence-corrected chi connectivity index (χ3v) is 7.25. The highest BCUT2D eigenvalue weighted by atomic mass is 16.4. The van der Waals surface area contributed by atoms with Crippen LogP contribution in [0.4, 0.5) is 5.69 Å². The predicted octanol–water partition coefficient (Wildman–Crippen LogP) is 7.06. The van der Waals surface area contributed by atoms with Gasteiger partial charge in [-0.15, -0.1) is 0 Å². The Morgan fingerprint density at radius 2 is 1.64 bits per heavy atom. The molecule has 1 aromatic heterocycles. The number of aliphatic carboxylic acids is 1. The molecular formula is C32H28N2O2. The van der Waals surface area contributed by atoms with Crippen molar-refractivity contribution in [3.05, 3.63) is 96.6 Å². The molecule has 1 aliphatic rings. The SMILES string of the molecule is O=C(O)CCCc1ccc(-n2c(-c3ccc(N4CCCC4)cc3)cc3c4c#cccc4ccc32)cc1. The summed E-state index contributed by atoms with van der Waals surface area (Å²) in [5, 5.41) is 12.3. The van der Waals surface area contributed by atoms with Gasteiger partial charge in [0, 0.05) is 41.7 Å².